The minimum Gasteiger partial charge on any atom is -0.293 e. The molecule has 0 saturated carbocycles. The number of halogens is 1. The lowest BCUT2D eigenvalue weighted by atomic mass is 10.2. The van der Waals surface area contributed by atoms with E-state index in [4.69, 9.17) is 0 Å². The third kappa shape index (κ3) is 1.78. The van der Waals surface area contributed by atoms with Crippen LogP contribution in [0.4, 0.5) is 4.39 Å². The van der Waals surface area contributed by atoms with Crippen molar-refractivity contribution in [3.05, 3.63) is 52.3 Å². The molecular formula is C11H7FN4OS. The van der Waals surface area contributed by atoms with E-state index in [1.807, 2.05) is 0 Å². The Labute approximate surface area is 105 Å². The normalized spacial score (nSPS) is 10.9. The molecule has 0 unspecified atom stereocenters. The van der Waals surface area contributed by atoms with Crippen LogP contribution in [0.3, 0.4) is 0 Å². The average molecular weight is 262 g/mol. The minimum absolute atomic E-state index is 0.131. The number of fused-ring (bicyclic) bond motifs is 1. The van der Waals surface area contributed by atoms with Crippen molar-refractivity contribution < 1.29 is 4.39 Å². The first-order chi connectivity index (χ1) is 8.75. The highest BCUT2D eigenvalue weighted by Gasteiger charge is 2.09. The van der Waals surface area contributed by atoms with Crippen molar-refractivity contribution in [3.63, 3.8) is 0 Å². The summed E-state index contributed by atoms with van der Waals surface area (Å²) in [5.41, 5.74) is 0.347. The molecule has 18 heavy (non-hydrogen) atoms. The maximum Gasteiger partial charge on any atom is 0.283 e. The van der Waals surface area contributed by atoms with Gasteiger partial charge in [0.15, 0.2) is 10.3 Å². The van der Waals surface area contributed by atoms with E-state index in [0.29, 0.717) is 10.4 Å². The molecule has 90 valence electrons. The zero-order chi connectivity index (χ0) is 12.5. The molecular weight excluding hydrogens is 255 g/mol. The molecule has 2 heterocycles. The molecule has 0 amide bonds. The highest BCUT2D eigenvalue weighted by molar-refractivity contribution is 7.12. The van der Waals surface area contributed by atoms with Gasteiger partial charge in [-0.2, -0.15) is 0 Å². The second-order valence-electron chi connectivity index (χ2n) is 3.70. The van der Waals surface area contributed by atoms with E-state index in [2.05, 4.69) is 14.6 Å². The van der Waals surface area contributed by atoms with Gasteiger partial charge in [-0.3, -0.25) is 9.36 Å². The Hall–Kier alpha value is -2.15. The Morgan fingerprint density at radius 1 is 1.33 bits per heavy atom. The monoisotopic (exact) mass is 262 g/mol. The van der Waals surface area contributed by atoms with Gasteiger partial charge in [0.25, 0.3) is 5.56 Å². The van der Waals surface area contributed by atoms with Crippen molar-refractivity contribution in [2.45, 2.75) is 6.54 Å². The first kappa shape index (κ1) is 11.0. The van der Waals surface area contributed by atoms with Crippen LogP contribution in [-0.2, 0) is 6.54 Å². The van der Waals surface area contributed by atoms with E-state index in [-0.39, 0.29) is 23.4 Å². The molecule has 0 bridgehead atoms. The summed E-state index contributed by atoms with van der Waals surface area (Å²) in [7, 11) is 0. The maximum atomic E-state index is 13.5. The van der Waals surface area contributed by atoms with E-state index < -0.39 is 0 Å². The van der Waals surface area contributed by atoms with E-state index >= 15 is 0 Å². The molecule has 0 aliphatic carbocycles. The lowest BCUT2D eigenvalue weighted by molar-refractivity contribution is 0.595. The van der Waals surface area contributed by atoms with Crippen molar-refractivity contribution in [1.82, 2.24) is 19.1 Å². The largest absolute Gasteiger partial charge is 0.293 e. The molecule has 0 spiro atoms. The van der Waals surface area contributed by atoms with Gasteiger partial charge in [-0.05, 0) is 6.07 Å². The number of hydrogen-bond donors (Lipinski definition) is 0. The Morgan fingerprint density at radius 2 is 2.17 bits per heavy atom. The molecule has 3 aromatic rings. The van der Waals surface area contributed by atoms with Crippen LogP contribution >= 0.6 is 11.5 Å². The second-order valence-corrected chi connectivity index (χ2v) is 4.43. The van der Waals surface area contributed by atoms with Crippen LogP contribution in [-0.4, -0.2) is 19.1 Å². The minimum atomic E-state index is -0.346. The van der Waals surface area contributed by atoms with Gasteiger partial charge in [0, 0.05) is 17.1 Å². The summed E-state index contributed by atoms with van der Waals surface area (Å²) < 4.78 is 18.5. The molecule has 0 saturated heterocycles. The molecule has 3 rings (SSSR count). The van der Waals surface area contributed by atoms with Gasteiger partial charge >= 0.3 is 0 Å². The fraction of sp³-hybridized carbons (Fsp3) is 0.0909. The van der Waals surface area contributed by atoms with Crippen LogP contribution in [0.15, 0.2) is 35.4 Å². The summed E-state index contributed by atoms with van der Waals surface area (Å²) in [6.45, 7) is 0.131. The fourth-order valence-corrected chi connectivity index (χ4v) is 2.15. The smallest absolute Gasteiger partial charge is 0.283 e. The predicted molar refractivity (Wildman–Crippen MR) is 65.0 cm³/mol. The van der Waals surface area contributed by atoms with E-state index in [1.54, 1.807) is 18.2 Å². The maximum absolute atomic E-state index is 13.5. The number of aromatic nitrogens is 4. The number of benzene rings is 1. The standard InChI is InChI=1S/C11H7FN4OS/c12-8-4-2-1-3-7(8)5-16-6-13-10-9(11(16)17)14-15-18-10/h1-4,6H,5H2. The molecule has 0 radical (unpaired) electrons. The molecule has 0 aliphatic heterocycles. The first-order valence-corrected chi connectivity index (χ1v) is 5.94. The van der Waals surface area contributed by atoms with Crippen LogP contribution in [0.25, 0.3) is 10.3 Å². The van der Waals surface area contributed by atoms with Crippen LogP contribution in [0.2, 0.25) is 0 Å². The van der Waals surface area contributed by atoms with E-state index in [0.717, 1.165) is 11.5 Å². The van der Waals surface area contributed by atoms with Crippen LogP contribution in [0.5, 0.6) is 0 Å². The van der Waals surface area contributed by atoms with E-state index in [9.17, 15) is 9.18 Å². The topological polar surface area (TPSA) is 60.7 Å². The molecule has 0 fully saturated rings. The lowest BCUT2D eigenvalue weighted by Gasteiger charge is -2.05. The fourth-order valence-electron chi connectivity index (χ4n) is 1.64. The van der Waals surface area contributed by atoms with E-state index in [1.165, 1.54) is 17.0 Å². The van der Waals surface area contributed by atoms with Crippen LogP contribution in [0, 0.1) is 5.82 Å². The van der Waals surface area contributed by atoms with Gasteiger partial charge in [0.05, 0.1) is 12.9 Å². The van der Waals surface area contributed by atoms with Gasteiger partial charge in [-0.15, -0.1) is 5.10 Å². The second kappa shape index (κ2) is 4.26. The summed E-state index contributed by atoms with van der Waals surface area (Å²) in [6, 6.07) is 6.31. The highest BCUT2D eigenvalue weighted by atomic mass is 32.1. The van der Waals surface area contributed by atoms with Crippen molar-refractivity contribution in [3.8, 4) is 0 Å². The quantitative estimate of drug-likeness (QED) is 0.701. The van der Waals surface area contributed by atoms with Crippen molar-refractivity contribution in [1.29, 1.82) is 0 Å². The van der Waals surface area contributed by atoms with Gasteiger partial charge in [-0.1, -0.05) is 22.7 Å². The zero-order valence-corrected chi connectivity index (χ0v) is 9.89. The number of rotatable bonds is 2. The van der Waals surface area contributed by atoms with Gasteiger partial charge in [0.1, 0.15) is 5.82 Å². The summed E-state index contributed by atoms with van der Waals surface area (Å²) in [6.07, 6.45) is 1.39. The lowest BCUT2D eigenvalue weighted by Crippen LogP contribution is -2.21. The van der Waals surface area contributed by atoms with Crippen molar-refractivity contribution in [2.75, 3.05) is 0 Å². The zero-order valence-electron chi connectivity index (χ0n) is 9.08. The molecule has 1 aromatic carbocycles. The molecule has 2 aromatic heterocycles. The average Bonchev–Trinajstić information content (AvgIpc) is 2.84. The number of nitrogens with zero attached hydrogens (tertiary/aromatic N) is 4. The third-order valence-corrected chi connectivity index (χ3v) is 3.18. The summed E-state index contributed by atoms with van der Waals surface area (Å²) in [4.78, 5) is 16.6. The highest BCUT2D eigenvalue weighted by Crippen LogP contribution is 2.09. The third-order valence-electron chi connectivity index (χ3n) is 2.55. The number of hydrogen-bond acceptors (Lipinski definition) is 5. The summed E-state index contributed by atoms with van der Waals surface area (Å²) in [5.74, 6) is -0.346. The van der Waals surface area contributed by atoms with Crippen LogP contribution < -0.4 is 5.56 Å². The summed E-state index contributed by atoms with van der Waals surface area (Å²) in [5, 5.41) is 3.72. The molecule has 0 N–H and O–H groups in total. The Kier molecular flexibility index (Phi) is 2.60. The Bertz CT molecular complexity index is 767. The van der Waals surface area contributed by atoms with Gasteiger partial charge in [-0.25, -0.2) is 9.37 Å². The summed E-state index contributed by atoms with van der Waals surface area (Å²) >= 11 is 1.06. The van der Waals surface area contributed by atoms with Crippen LogP contribution in [0.1, 0.15) is 5.56 Å². The van der Waals surface area contributed by atoms with Crippen molar-refractivity contribution >= 4 is 21.9 Å². The molecule has 7 heteroatoms. The molecule has 0 aliphatic rings. The predicted octanol–water partition coefficient (Wildman–Crippen LogP) is 1.44. The molecule has 5 nitrogen and oxygen atoms in total. The Morgan fingerprint density at radius 3 is 3.00 bits per heavy atom. The van der Waals surface area contributed by atoms with Gasteiger partial charge in [0.2, 0.25) is 0 Å². The molecule has 0 atom stereocenters. The first-order valence-electron chi connectivity index (χ1n) is 5.16. The Balaban J connectivity index is 2.08. The van der Waals surface area contributed by atoms with Crippen molar-refractivity contribution in [2.24, 2.45) is 0 Å². The van der Waals surface area contributed by atoms with Gasteiger partial charge < -0.3 is 0 Å². The SMILES string of the molecule is O=c1c2nnsc2ncn1Cc1ccccc1F.